The van der Waals surface area contributed by atoms with Crippen LogP contribution in [0.2, 0.25) is 0 Å². The minimum atomic E-state index is -4.20. The molecule has 2 fully saturated rings. The fourth-order valence-corrected chi connectivity index (χ4v) is 8.78. The van der Waals surface area contributed by atoms with Crippen molar-refractivity contribution in [2.45, 2.75) is 95.7 Å². The Morgan fingerprint density at radius 1 is 0.981 bits per heavy atom. The Labute approximate surface area is 313 Å². The van der Waals surface area contributed by atoms with Gasteiger partial charge in [-0.25, -0.2) is 9.52 Å². The van der Waals surface area contributed by atoms with Crippen LogP contribution in [0, 0.1) is 0 Å². The molecule has 0 unspecified atom stereocenters. The van der Waals surface area contributed by atoms with E-state index in [1.165, 1.54) is 33.3 Å². The van der Waals surface area contributed by atoms with Crippen LogP contribution in [0.15, 0.2) is 42.5 Å². The van der Waals surface area contributed by atoms with Crippen molar-refractivity contribution in [3.05, 3.63) is 53.6 Å². The van der Waals surface area contributed by atoms with Crippen LogP contribution >= 0.6 is 0 Å². The lowest BCUT2D eigenvalue weighted by molar-refractivity contribution is -0.106. The molecule has 0 radical (unpaired) electrons. The molecule has 1 saturated heterocycles. The molecule has 3 heterocycles. The SMILES string of the molecule is COC(CN(C)S(=O)(=O)NC(=O)c1ccc2c(C3CCCCC3)c3n(c2c1)C[C@@H](N(C)[C@H]1CCN(C(=O)OC(C)(C)C)C1)COc1ccccc1-3)OC. The summed E-state index contributed by atoms with van der Waals surface area (Å²) in [6.45, 7) is 7.67. The average Bonchev–Trinajstić information content (AvgIpc) is 3.74. The van der Waals surface area contributed by atoms with Crippen molar-refractivity contribution in [2.24, 2.45) is 0 Å². The topological polar surface area (TPSA) is 132 Å². The summed E-state index contributed by atoms with van der Waals surface area (Å²) in [7, 11) is 2.10. The van der Waals surface area contributed by atoms with Gasteiger partial charge in [-0.15, -0.1) is 0 Å². The van der Waals surface area contributed by atoms with Crippen molar-refractivity contribution in [3.63, 3.8) is 0 Å². The number of nitrogens with one attached hydrogen (secondary N) is 1. The number of hydrogen-bond donors (Lipinski definition) is 1. The summed E-state index contributed by atoms with van der Waals surface area (Å²) in [5.74, 6) is 0.397. The van der Waals surface area contributed by atoms with E-state index in [-0.39, 0.29) is 30.3 Å². The van der Waals surface area contributed by atoms with Crippen molar-refractivity contribution in [1.29, 1.82) is 0 Å². The van der Waals surface area contributed by atoms with Crippen molar-refractivity contribution in [1.82, 2.24) is 23.4 Å². The summed E-state index contributed by atoms with van der Waals surface area (Å²) in [5, 5.41) is 1.06. The Morgan fingerprint density at radius 2 is 1.70 bits per heavy atom. The number of nitrogens with zero attached hydrogens (tertiary/aromatic N) is 4. The van der Waals surface area contributed by atoms with E-state index in [9.17, 15) is 18.0 Å². The fourth-order valence-electron chi connectivity index (χ4n) is 7.96. The van der Waals surface area contributed by atoms with E-state index in [1.807, 2.05) is 51.1 Å². The molecule has 53 heavy (non-hydrogen) atoms. The minimum absolute atomic E-state index is 0.0819. The maximum absolute atomic E-state index is 13.7. The van der Waals surface area contributed by atoms with E-state index in [0.717, 1.165) is 64.3 Å². The van der Waals surface area contributed by atoms with Gasteiger partial charge < -0.3 is 28.4 Å². The number of carbonyl (C=O) groups excluding carboxylic acids is 2. The number of rotatable bonds is 10. The number of hydrogen-bond acceptors (Lipinski definition) is 9. The number of benzene rings is 2. The molecule has 1 saturated carbocycles. The number of likely N-dealkylation sites (tertiary alicyclic amines) is 1. The highest BCUT2D eigenvalue weighted by Gasteiger charge is 2.37. The summed E-state index contributed by atoms with van der Waals surface area (Å²) in [5.41, 5.74) is 3.87. The molecule has 14 heteroatoms. The minimum Gasteiger partial charge on any atom is -0.491 e. The summed E-state index contributed by atoms with van der Waals surface area (Å²) in [6, 6.07) is 13.7. The zero-order chi connectivity index (χ0) is 38.1. The maximum atomic E-state index is 13.7. The highest BCUT2D eigenvalue weighted by molar-refractivity contribution is 7.87. The molecule has 1 N–H and O–H groups in total. The number of fused-ring (bicyclic) bond motifs is 5. The number of para-hydroxylation sites is 1. The average molecular weight is 754 g/mol. The van der Waals surface area contributed by atoms with Gasteiger partial charge in [0.25, 0.3) is 5.91 Å². The van der Waals surface area contributed by atoms with Gasteiger partial charge in [0.1, 0.15) is 18.0 Å². The Kier molecular flexibility index (Phi) is 11.7. The zero-order valence-electron chi connectivity index (χ0n) is 32.1. The lowest BCUT2D eigenvalue weighted by Gasteiger charge is -2.35. The molecule has 2 atom stereocenters. The molecule has 3 aromatic rings. The lowest BCUT2D eigenvalue weighted by Crippen LogP contribution is -2.48. The van der Waals surface area contributed by atoms with Gasteiger partial charge in [0.15, 0.2) is 6.29 Å². The first-order valence-corrected chi connectivity index (χ1v) is 20.1. The van der Waals surface area contributed by atoms with Gasteiger partial charge in [0, 0.05) is 69.0 Å². The van der Waals surface area contributed by atoms with Crippen LogP contribution in [0.4, 0.5) is 4.79 Å². The summed E-state index contributed by atoms with van der Waals surface area (Å²) >= 11 is 0. The van der Waals surface area contributed by atoms with Gasteiger partial charge in [0.2, 0.25) is 0 Å². The van der Waals surface area contributed by atoms with E-state index in [1.54, 1.807) is 11.0 Å². The molecule has 0 spiro atoms. The predicted octanol–water partition coefficient (Wildman–Crippen LogP) is 5.58. The Bertz CT molecular complexity index is 1900. The number of ether oxygens (including phenoxy) is 4. The molecule has 1 aromatic heterocycles. The standard InChI is InChI=1S/C39H55N5O8S/c1-39(2,3)52-38(46)43-20-19-28(22-43)42(5)29-23-44-32-21-27(37(45)40-53(47,48)41(4)24-34(49-6)50-7)17-18-30(32)35(26-13-9-8-10-14-26)36(44)31-15-11-12-16-33(31)51-25-29/h11-12,15-18,21,26,28-29,34H,8-10,13-14,19-20,22-25H2,1-7H3,(H,40,45)/t28-,29+/m0/s1. The molecule has 2 aliphatic heterocycles. The van der Waals surface area contributed by atoms with Gasteiger partial charge in [-0.2, -0.15) is 12.7 Å². The lowest BCUT2D eigenvalue weighted by atomic mass is 9.81. The highest BCUT2D eigenvalue weighted by Crippen LogP contribution is 2.47. The third kappa shape index (κ3) is 8.51. The Morgan fingerprint density at radius 3 is 2.40 bits per heavy atom. The van der Waals surface area contributed by atoms with E-state index in [4.69, 9.17) is 18.9 Å². The molecule has 290 valence electrons. The van der Waals surface area contributed by atoms with Crippen LogP contribution in [0.5, 0.6) is 5.75 Å². The van der Waals surface area contributed by atoms with E-state index < -0.39 is 28.0 Å². The second-order valence-electron chi connectivity index (χ2n) is 15.6. The van der Waals surface area contributed by atoms with Gasteiger partial charge in [-0.1, -0.05) is 37.5 Å². The van der Waals surface area contributed by atoms with Crippen molar-refractivity contribution >= 4 is 33.1 Å². The Balaban J connectivity index is 1.39. The number of aromatic nitrogens is 1. The van der Waals surface area contributed by atoms with Crippen LogP contribution in [0.3, 0.4) is 0 Å². The van der Waals surface area contributed by atoms with Crippen molar-refractivity contribution < 1.29 is 37.0 Å². The fraction of sp³-hybridized carbons (Fsp3) is 0.590. The molecule has 2 aromatic carbocycles. The van der Waals surface area contributed by atoms with Crippen LogP contribution in [-0.2, 0) is 31.0 Å². The third-order valence-corrected chi connectivity index (χ3v) is 12.3. The van der Waals surface area contributed by atoms with E-state index >= 15 is 0 Å². The second-order valence-corrected chi connectivity index (χ2v) is 17.3. The number of likely N-dealkylation sites (N-methyl/N-ethyl adjacent to an activating group) is 2. The molecule has 1 aliphatic carbocycles. The van der Waals surface area contributed by atoms with Crippen LogP contribution < -0.4 is 9.46 Å². The van der Waals surface area contributed by atoms with E-state index in [2.05, 4.69) is 27.3 Å². The molecule has 13 nitrogen and oxygen atoms in total. The van der Waals surface area contributed by atoms with E-state index in [0.29, 0.717) is 32.2 Å². The smallest absolute Gasteiger partial charge is 0.410 e. The van der Waals surface area contributed by atoms with Crippen LogP contribution in [0.25, 0.3) is 22.2 Å². The molecule has 3 aliphatic rings. The maximum Gasteiger partial charge on any atom is 0.410 e. The number of carbonyl (C=O) groups is 2. The Hall–Kier alpha value is -3.69. The molecule has 0 bridgehead atoms. The first-order valence-electron chi connectivity index (χ1n) is 18.6. The second kappa shape index (κ2) is 16.0. The number of amides is 2. The third-order valence-electron chi connectivity index (χ3n) is 10.9. The van der Waals surface area contributed by atoms with Gasteiger partial charge in [-0.05, 0) is 82.8 Å². The van der Waals surface area contributed by atoms with Gasteiger partial charge in [-0.3, -0.25) is 9.69 Å². The highest BCUT2D eigenvalue weighted by atomic mass is 32.2. The molecular weight excluding hydrogens is 699 g/mol. The molecule has 6 rings (SSSR count). The van der Waals surface area contributed by atoms with Crippen molar-refractivity contribution in [2.75, 3.05) is 54.6 Å². The van der Waals surface area contributed by atoms with Crippen LogP contribution in [-0.4, -0.2) is 118 Å². The monoisotopic (exact) mass is 753 g/mol. The van der Waals surface area contributed by atoms with Crippen LogP contribution in [0.1, 0.15) is 81.1 Å². The summed E-state index contributed by atoms with van der Waals surface area (Å²) in [4.78, 5) is 30.8. The largest absolute Gasteiger partial charge is 0.491 e. The number of methoxy groups -OCH3 is 2. The normalized spacial score (nSPS) is 19.9. The predicted molar refractivity (Wildman–Crippen MR) is 203 cm³/mol. The zero-order valence-corrected chi connectivity index (χ0v) is 32.9. The summed E-state index contributed by atoms with van der Waals surface area (Å²) in [6.07, 6.45) is 5.35. The molecule has 2 amide bonds. The summed E-state index contributed by atoms with van der Waals surface area (Å²) < 4.78 is 54.6. The van der Waals surface area contributed by atoms with Gasteiger partial charge in [0.05, 0.1) is 18.3 Å². The first-order chi connectivity index (χ1) is 25.2. The molecular formula is C39H55N5O8S. The van der Waals surface area contributed by atoms with Crippen molar-refractivity contribution in [3.8, 4) is 17.0 Å². The quantitative estimate of drug-likeness (QED) is 0.264. The first kappa shape index (κ1) is 39.0. The van der Waals surface area contributed by atoms with Gasteiger partial charge >= 0.3 is 16.3 Å².